The molecule has 1 spiro atoms. The van der Waals surface area contributed by atoms with Gasteiger partial charge in [-0.25, -0.2) is 14.6 Å². The summed E-state index contributed by atoms with van der Waals surface area (Å²) < 4.78 is 18.2. The molecule has 5 rings (SSSR count). The van der Waals surface area contributed by atoms with Crippen LogP contribution in [0, 0.1) is 29.6 Å². The van der Waals surface area contributed by atoms with Gasteiger partial charge in [-0.2, -0.15) is 0 Å². The highest BCUT2D eigenvalue weighted by Gasteiger charge is 2.69. The van der Waals surface area contributed by atoms with Gasteiger partial charge in [0.05, 0.1) is 6.42 Å². The van der Waals surface area contributed by atoms with Crippen molar-refractivity contribution in [2.45, 2.75) is 116 Å². The first-order valence-electron chi connectivity index (χ1n) is 14.5. The molecule has 4 heterocycles. The molecule has 0 aromatic carbocycles. The van der Waals surface area contributed by atoms with Gasteiger partial charge in [-0.05, 0) is 50.4 Å². The van der Waals surface area contributed by atoms with Crippen LogP contribution in [-0.2, 0) is 43.2 Å². The van der Waals surface area contributed by atoms with E-state index in [2.05, 4.69) is 17.6 Å². The molecular weight excluding hydrogens is 524 g/mol. The number of fused-ring (bicyclic) bond motifs is 2. The number of carboxylic acids is 1. The highest BCUT2D eigenvalue weighted by molar-refractivity contribution is 5.84. The zero-order valence-corrected chi connectivity index (χ0v) is 24.1. The third-order valence-corrected chi connectivity index (χ3v) is 9.05. The van der Waals surface area contributed by atoms with Crippen molar-refractivity contribution in [3.63, 3.8) is 0 Å². The van der Waals surface area contributed by atoms with Crippen LogP contribution in [0.4, 0.5) is 0 Å². The molecule has 40 heavy (non-hydrogen) atoms. The summed E-state index contributed by atoms with van der Waals surface area (Å²) in [6, 6.07) is -0.953. The number of rotatable bonds is 11. The lowest BCUT2D eigenvalue weighted by molar-refractivity contribution is -0.576. The normalized spacial score (nSPS) is 37.1. The number of carbonyl (C=O) groups is 4. The Labute approximate surface area is 235 Å². The number of aliphatic carboxylic acids is 1. The van der Waals surface area contributed by atoms with Crippen LogP contribution in [-0.4, -0.2) is 65.4 Å². The van der Waals surface area contributed by atoms with Crippen molar-refractivity contribution >= 4 is 23.8 Å². The van der Waals surface area contributed by atoms with Gasteiger partial charge in [0.15, 0.2) is 11.9 Å². The van der Waals surface area contributed by atoms with E-state index in [-0.39, 0.29) is 55.4 Å². The van der Waals surface area contributed by atoms with Gasteiger partial charge in [0.1, 0.15) is 6.04 Å². The Morgan fingerprint density at radius 2 is 1.75 bits per heavy atom. The summed E-state index contributed by atoms with van der Waals surface area (Å²) in [7, 11) is 0. The van der Waals surface area contributed by atoms with E-state index in [0.717, 1.165) is 19.3 Å². The molecule has 226 valence electrons. The summed E-state index contributed by atoms with van der Waals surface area (Å²) in [5.41, 5.74) is -0.740. The minimum absolute atomic E-state index is 0.0275. The number of hydrogen-bond acceptors (Lipinski definition) is 9. The quantitative estimate of drug-likeness (QED) is 0.192. The lowest BCUT2D eigenvalue weighted by Crippen LogP contribution is -2.70. The molecule has 4 saturated heterocycles. The van der Waals surface area contributed by atoms with Crippen LogP contribution in [0.1, 0.15) is 86.0 Å². The maximum Gasteiger partial charge on any atom is 0.326 e. The summed E-state index contributed by atoms with van der Waals surface area (Å²) >= 11 is 0. The molecule has 5 fully saturated rings. The Morgan fingerprint density at radius 1 is 1.00 bits per heavy atom. The summed E-state index contributed by atoms with van der Waals surface area (Å²) in [6.07, 6.45) is 2.21. The van der Waals surface area contributed by atoms with Crippen LogP contribution in [0.25, 0.3) is 0 Å². The molecule has 9 atom stereocenters. The minimum Gasteiger partial charge on any atom is -0.480 e. The predicted octanol–water partition coefficient (Wildman–Crippen LogP) is 2.64. The standard InChI is InChI=1S/C28H44N2O10/c1-15(2)23(24(34)35)30-21(32)7-6-14-29-20(31)10-11-22(33)36-25-17(4)19-9-8-16(3)18-12-13-27(5)38-26(37-25)28(18,19)40-39-27/h15-19,23,25-26H,6-14H2,1-5H3,(H,29,31)(H,30,32)(H,34,35)/t16-,17-,18+,19+,23+,25-,26+,27-,28-/m1/s1. The van der Waals surface area contributed by atoms with Crippen LogP contribution in [0.3, 0.4) is 0 Å². The molecule has 0 unspecified atom stereocenters. The minimum atomic E-state index is -1.08. The fourth-order valence-corrected chi connectivity index (χ4v) is 6.74. The molecule has 4 aliphatic heterocycles. The first-order chi connectivity index (χ1) is 18.9. The topological polar surface area (TPSA) is 159 Å². The summed E-state index contributed by atoms with van der Waals surface area (Å²) in [5, 5.41) is 14.3. The van der Waals surface area contributed by atoms with E-state index >= 15 is 0 Å². The van der Waals surface area contributed by atoms with Crippen molar-refractivity contribution in [1.82, 2.24) is 10.6 Å². The summed E-state index contributed by atoms with van der Waals surface area (Å²) in [5.74, 6) is -3.01. The van der Waals surface area contributed by atoms with Crippen molar-refractivity contribution in [2.75, 3.05) is 6.54 Å². The number of carboxylic acid groups (broad SMARTS) is 1. The second-order valence-corrected chi connectivity index (χ2v) is 12.3. The van der Waals surface area contributed by atoms with E-state index in [1.165, 1.54) is 0 Å². The summed E-state index contributed by atoms with van der Waals surface area (Å²) in [4.78, 5) is 60.0. The number of nitrogens with one attached hydrogen (secondary N) is 2. The molecular formula is C28H44N2O10. The van der Waals surface area contributed by atoms with Crippen molar-refractivity contribution in [2.24, 2.45) is 29.6 Å². The monoisotopic (exact) mass is 568 g/mol. The fourth-order valence-electron chi connectivity index (χ4n) is 6.74. The third-order valence-electron chi connectivity index (χ3n) is 9.05. The number of amides is 2. The number of hydrogen-bond donors (Lipinski definition) is 3. The van der Waals surface area contributed by atoms with Crippen LogP contribution in [0.5, 0.6) is 0 Å². The maximum absolute atomic E-state index is 12.7. The average molecular weight is 569 g/mol. The third kappa shape index (κ3) is 6.29. The van der Waals surface area contributed by atoms with Gasteiger partial charge in [-0.15, -0.1) is 0 Å². The molecule has 0 radical (unpaired) electrons. The van der Waals surface area contributed by atoms with E-state index in [4.69, 9.17) is 29.1 Å². The van der Waals surface area contributed by atoms with Crippen LogP contribution in [0.2, 0.25) is 0 Å². The molecule has 12 heteroatoms. The van der Waals surface area contributed by atoms with Gasteiger partial charge in [-0.3, -0.25) is 14.4 Å². The molecule has 1 aliphatic carbocycles. The second kappa shape index (κ2) is 12.3. The van der Waals surface area contributed by atoms with E-state index < -0.39 is 47.9 Å². The van der Waals surface area contributed by atoms with E-state index in [9.17, 15) is 19.2 Å². The molecule has 5 aliphatic rings. The van der Waals surface area contributed by atoms with Crippen LogP contribution in [0.15, 0.2) is 0 Å². The van der Waals surface area contributed by atoms with Gasteiger partial charge >= 0.3 is 11.9 Å². The molecule has 2 amide bonds. The van der Waals surface area contributed by atoms with E-state index in [1.807, 2.05) is 13.8 Å². The number of esters is 1. The maximum atomic E-state index is 12.7. The molecule has 12 nitrogen and oxygen atoms in total. The highest BCUT2D eigenvalue weighted by atomic mass is 17.3. The Bertz CT molecular complexity index is 975. The average Bonchev–Trinajstić information content (AvgIpc) is 3.12. The van der Waals surface area contributed by atoms with Crippen molar-refractivity contribution in [1.29, 1.82) is 0 Å². The molecule has 1 saturated carbocycles. The second-order valence-electron chi connectivity index (χ2n) is 12.3. The Balaban J connectivity index is 1.22. The lowest BCUT2D eigenvalue weighted by Gasteiger charge is -2.59. The number of carbonyl (C=O) groups excluding carboxylic acids is 3. The van der Waals surface area contributed by atoms with Gasteiger partial charge in [0, 0.05) is 37.6 Å². The zero-order valence-electron chi connectivity index (χ0n) is 24.1. The summed E-state index contributed by atoms with van der Waals surface area (Å²) in [6.45, 7) is 9.72. The molecule has 0 aromatic heterocycles. The van der Waals surface area contributed by atoms with Gasteiger partial charge in [0.25, 0.3) is 0 Å². The van der Waals surface area contributed by atoms with Crippen molar-refractivity contribution in [3.05, 3.63) is 0 Å². The Kier molecular flexibility index (Phi) is 9.43. The SMILES string of the molecule is CC(C)[C@H](NC(=O)CCCNC(=O)CCC(=O)O[C@@H]1O[C@H]2O[C@@]3(C)CC[C@H]4[C@H](C)CC[C@@H]([C@H]1C)[C@@]24OO3)C(=O)O. The van der Waals surface area contributed by atoms with Crippen molar-refractivity contribution < 1.29 is 48.3 Å². The highest BCUT2D eigenvalue weighted by Crippen LogP contribution is 2.60. The number of ether oxygens (including phenoxy) is 3. The predicted molar refractivity (Wildman–Crippen MR) is 139 cm³/mol. The zero-order chi connectivity index (χ0) is 29.2. The Morgan fingerprint density at radius 3 is 2.45 bits per heavy atom. The smallest absolute Gasteiger partial charge is 0.326 e. The van der Waals surface area contributed by atoms with E-state index in [0.29, 0.717) is 18.8 Å². The first-order valence-corrected chi connectivity index (χ1v) is 14.5. The molecule has 3 N–H and O–H groups in total. The van der Waals surface area contributed by atoms with Gasteiger partial charge in [-0.1, -0.05) is 27.7 Å². The van der Waals surface area contributed by atoms with Gasteiger partial charge in [0.2, 0.25) is 23.9 Å². The Hall–Kier alpha value is -2.28. The van der Waals surface area contributed by atoms with Gasteiger partial charge < -0.3 is 30.0 Å². The largest absolute Gasteiger partial charge is 0.480 e. The molecule has 2 bridgehead atoms. The molecule has 0 aromatic rings. The van der Waals surface area contributed by atoms with Crippen LogP contribution >= 0.6 is 0 Å². The first kappa shape index (κ1) is 30.7. The van der Waals surface area contributed by atoms with Crippen LogP contribution < -0.4 is 10.6 Å². The fraction of sp³-hybridized carbons (Fsp3) is 0.857. The van der Waals surface area contributed by atoms with Crippen molar-refractivity contribution in [3.8, 4) is 0 Å². The van der Waals surface area contributed by atoms with E-state index in [1.54, 1.807) is 13.8 Å². The lowest BCUT2D eigenvalue weighted by atomic mass is 9.58.